The van der Waals surface area contributed by atoms with Gasteiger partial charge < -0.3 is 24.8 Å². The predicted octanol–water partition coefficient (Wildman–Crippen LogP) is 4.35. The summed E-state index contributed by atoms with van der Waals surface area (Å²) in [5, 5.41) is 16.2. The second-order valence-corrected chi connectivity index (χ2v) is 12.8. The van der Waals surface area contributed by atoms with E-state index in [1.54, 1.807) is 6.07 Å². The molecule has 0 radical (unpaired) electrons. The molecule has 9 nitrogen and oxygen atoms in total. The van der Waals surface area contributed by atoms with E-state index in [0.717, 1.165) is 43.0 Å². The highest BCUT2D eigenvalue weighted by Gasteiger charge is 2.50. The fourth-order valence-electron chi connectivity index (χ4n) is 8.30. The van der Waals surface area contributed by atoms with Crippen LogP contribution in [0, 0.1) is 5.82 Å². The Labute approximate surface area is 246 Å². The van der Waals surface area contributed by atoms with E-state index >= 15 is 4.39 Å². The zero-order chi connectivity index (χ0) is 28.9. The Hall–Kier alpha value is -3.83. The molecule has 0 amide bonds. The molecular formula is C32H32F2N6O3. The molecule has 43 heavy (non-hydrogen) atoms. The van der Waals surface area contributed by atoms with Crippen molar-refractivity contribution in [3.63, 3.8) is 0 Å². The van der Waals surface area contributed by atoms with Gasteiger partial charge in [0.1, 0.15) is 47.5 Å². The molecule has 4 aromatic rings. The maximum absolute atomic E-state index is 16.8. The first-order chi connectivity index (χ1) is 21.0. The Morgan fingerprint density at radius 2 is 2.05 bits per heavy atom. The van der Waals surface area contributed by atoms with Crippen LogP contribution in [-0.4, -0.2) is 87.6 Å². The average Bonchev–Trinajstić information content (AvgIpc) is 3.64. The maximum atomic E-state index is 16.8. The van der Waals surface area contributed by atoms with Crippen molar-refractivity contribution < 1.29 is 23.4 Å². The molecule has 4 fully saturated rings. The molecule has 9 rings (SSSR count). The number of halogens is 2. The smallest absolute Gasteiger partial charge is 0.319 e. The number of fused-ring (bicyclic) bond motifs is 7. The van der Waals surface area contributed by atoms with Gasteiger partial charge in [0.25, 0.3) is 0 Å². The lowest BCUT2D eigenvalue weighted by atomic mass is 9.95. The third-order valence-electron chi connectivity index (χ3n) is 10.3. The van der Waals surface area contributed by atoms with Crippen molar-refractivity contribution in [2.75, 3.05) is 37.7 Å². The molecule has 0 saturated carbocycles. The highest BCUT2D eigenvalue weighted by atomic mass is 19.1. The van der Waals surface area contributed by atoms with Gasteiger partial charge in [-0.3, -0.25) is 4.90 Å². The summed E-state index contributed by atoms with van der Waals surface area (Å²) in [6.45, 7) is 2.58. The Bertz CT molecular complexity index is 1790. The topological polar surface area (TPSA) is 95.9 Å². The molecule has 5 aliphatic heterocycles. The van der Waals surface area contributed by atoms with Gasteiger partial charge in [0.15, 0.2) is 5.82 Å². The van der Waals surface area contributed by atoms with Gasteiger partial charge in [0.05, 0.1) is 11.6 Å². The monoisotopic (exact) mass is 586 g/mol. The number of pyridine rings is 1. The number of piperazine rings is 1. The second kappa shape index (κ2) is 9.33. The van der Waals surface area contributed by atoms with E-state index in [-0.39, 0.29) is 53.1 Å². The summed E-state index contributed by atoms with van der Waals surface area (Å²) < 4.78 is 43.9. The van der Waals surface area contributed by atoms with E-state index in [9.17, 15) is 9.50 Å². The van der Waals surface area contributed by atoms with Crippen LogP contribution in [0.25, 0.3) is 32.9 Å². The minimum Gasteiger partial charge on any atom is -0.508 e. The average molecular weight is 587 g/mol. The van der Waals surface area contributed by atoms with Crippen molar-refractivity contribution in [1.82, 2.24) is 25.2 Å². The number of aromatic hydroxyl groups is 1. The molecule has 11 heteroatoms. The molecule has 4 saturated heterocycles. The number of benzene rings is 2. The van der Waals surface area contributed by atoms with E-state index in [1.807, 2.05) is 24.3 Å². The van der Waals surface area contributed by atoms with Gasteiger partial charge in [0, 0.05) is 37.2 Å². The number of anilines is 1. The van der Waals surface area contributed by atoms with Gasteiger partial charge in [-0.05, 0) is 55.1 Å². The van der Waals surface area contributed by atoms with Crippen LogP contribution in [0.3, 0.4) is 0 Å². The van der Waals surface area contributed by atoms with Crippen molar-refractivity contribution in [2.45, 2.75) is 61.9 Å². The zero-order valence-corrected chi connectivity index (χ0v) is 23.6. The maximum Gasteiger partial charge on any atom is 0.319 e. The largest absolute Gasteiger partial charge is 0.508 e. The number of rotatable bonds is 4. The normalized spacial score (nSPS) is 29.5. The first kappa shape index (κ1) is 25.6. The first-order valence-corrected chi connectivity index (χ1v) is 15.3. The summed E-state index contributed by atoms with van der Waals surface area (Å²) in [4.78, 5) is 18.7. The molecule has 2 bridgehead atoms. The summed E-state index contributed by atoms with van der Waals surface area (Å²) in [6, 6.07) is 11.2. The van der Waals surface area contributed by atoms with Crippen molar-refractivity contribution in [1.29, 1.82) is 0 Å². The fraction of sp³-hybridized carbons (Fsp3) is 0.469. The van der Waals surface area contributed by atoms with Gasteiger partial charge >= 0.3 is 6.01 Å². The van der Waals surface area contributed by atoms with Gasteiger partial charge in [0.2, 0.25) is 5.88 Å². The van der Waals surface area contributed by atoms with Gasteiger partial charge in [-0.2, -0.15) is 9.97 Å². The number of alkyl halides is 1. The van der Waals surface area contributed by atoms with Gasteiger partial charge in [-0.15, -0.1) is 0 Å². The molecule has 2 aromatic carbocycles. The van der Waals surface area contributed by atoms with E-state index in [0.29, 0.717) is 48.9 Å². The van der Waals surface area contributed by atoms with Crippen molar-refractivity contribution in [3.8, 4) is 28.9 Å². The third-order valence-corrected chi connectivity index (χ3v) is 10.3. The summed E-state index contributed by atoms with van der Waals surface area (Å²) in [5.74, 6) is 0.206. The van der Waals surface area contributed by atoms with Crippen molar-refractivity contribution in [2.24, 2.45) is 0 Å². The van der Waals surface area contributed by atoms with Crippen LogP contribution in [0.5, 0.6) is 17.6 Å². The SMILES string of the molecule is Oc1cc(-c2nc3c4c(nc(OC[C@@]56CCCN5C[C@H](F)C6)nc4c2F)N2CC4CC[C@@H](N4)[C@H]2CO3)c2ccccc2c1. The molecule has 2 aromatic heterocycles. The van der Waals surface area contributed by atoms with Crippen LogP contribution in [0.4, 0.5) is 14.6 Å². The lowest BCUT2D eigenvalue weighted by molar-refractivity contribution is 0.107. The number of nitrogens with zero attached hydrogens (tertiary/aromatic N) is 5. The number of ether oxygens (including phenoxy) is 2. The number of phenols is 1. The van der Waals surface area contributed by atoms with Gasteiger partial charge in [-0.1, -0.05) is 24.3 Å². The molecule has 1 unspecified atom stereocenters. The minimum atomic E-state index is -0.883. The van der Waals surface area contributed by atoms with Crippen molar-refractivity contribution >= 4 is 27.5 Å². The van der Waals surface area contributed by atoms with Crippen LogP contribution in [0.1, 0.15) is 32.1 Å². The number of aromatic nitrogens is 3. The second-order valence-electron chi connectivity index (χ2n) is 12.8. The summed E-state index contributed by atoms with van der Waals surface area (Å²) in [7, 11) is 0. The van der Waals surface area contributed by atoms with Crippen LogP contribution in [0.2, 0.25) is 0 Å². The summed E-state index contributed by atoms with van der Waals surface area (Å²) in [6.07, 6.45) is 3.46. The lowest BCUT2D eigenvalue weighted by Gasteiger charge is -2.40. The Kier molecular flexibility index (Phi) is 5.57. The van der Waals surface area contributed by atoms with Gasteiger partial charge in [-0.25, -0.2) is 13.8 Å². The Morgan fingerprint density at radius 3 is 2.98 bits per heavy atom. The Morgan fingerprint density at radius 1 is 1.14 bits per heavy atom. The highest BCUT2D eigenvalue weighted by molar-refractivity contribution is 6.02. The minimum absolute atomic E-state index is 0.0107. The van der Waals surface area contributed by atoms with Crippen LogP contribution in [-0.2, 0) is 0 Å². The number of phenolic OH excluding ortho intramolecular Hbond substituents is 1. The number of nitrogens with one attached hydrogen (secondary N) is 1. The quantitative estimate of drug-likeness (QED) is 0.362. The molecule has 0 spiro atoms. The molecule has 222 valence electrons. The highest BCUT2D eigenvalue weighted by Crippen LogP contribution is 2.45. The molecular weight excluding hydrogens is 554 g/mol. The zero-order valence-electron chi connectivity index (χ0n) is 23.6. The molecule has 2 N–H and O–H groups in total. The lowest BCUT2D eigenvalue weighted by Crippen LogP contribution is -2.60. The summed E-state index contributed by atoms with van der Waals surface area (Å²) in [5.41, 5.74) is 0.163. The first-order valence-electron chi connectivity index (χ1n) is 15.3. The Balaban J connectivity index is 1.22. The van der Waals surface area contributed by atoms with E-state index in [1.165, 1.54) is 6.07 Å². The third kappa shape index (κ3) is 3.90. The van der Waals surface area contributed by atoms with E-state index < -0.39 is 12.0 Å². The van der Waals surface area contributed by atoms with Crippen LogP contribution >= 0.6 is 0 Å². The molecule has 5 aliphatic rings. The van der Waals surface area contributed by atoms with Crippen molar-refractivity contribution in [3.05, 3.63) is 42.2 Å². The molecule has 0 aliphatic carbocycles. The standard InChI is InChI=1S/C32H32F2N6O3/c33-18-12-32(8-3-9-39(32)13-18)16-43-31-37-28-25-29(38-31)40-14-19-6-7-23(35-19)24(40)15-42-30(25)36-27(26(28)34)22-11-20(41)10-17-4-1-2-5-21(17)22/h1-2,4-5,10-11,18-19,23-24,35,41H,3,6-9,12-16H2/t18-,19?,23-,24-,32+/m1/s1. The number of hydrogen-bond donors (Lipinski definition) is 2. The van der Waals surface area contributed by atoms with Crippen LogP contribution < -0.4 is 19.7 Å². The predicted molar refractivity (Wildman–Crippen MR) is 157 cm³/mol. The molecule has 5 atom stereocenters. The summed E-state index contributed by atoms with van der Waals surface area (Å²) >= 11 is 0. The van der Waals surface area contributed by atoms with E-state index in [2.05, 4.69) is 20.1 Å². The number of hydrogen-bond acceptors (Lipinski definition) is 9. The fourth-order valence-corrected chi connectivity index (χ4v) is 8.30. The van der Waals surface area contributed by atoms with E-state index in [4.69, 9.17) is 19.4 Å². The van der Waals surface area contributed by atoms with Crippen LogP contribution in [0.15, 0.2) is 36.4 Å². The molecule has 7 heterocycles.